The van der Waals surface area contributed by atoms with Gasteiger partial charge >= 0.3 is 5.97 Å². The van der Waals surface area contributed by atoms with Crippen molar-refractivity contribution in [1.82, 2.24) is 0 Å². The molecule has 0 unspecified atom stereocenters. The molecule has 0 rings (SSSR count). The zero-order valence-electron chi connectivity index (χ0n) is 7.14. The molecule has 0 radical (unpaired) electrons. The van der Waals surface area contributed by atoms with Crippen LogP contribution < -0.4 is 0 Å². The van der Waals surface area contributed by atoms with Crippen molar-refractivity contribution in [2.75, 3.05) is 12.5 Å². The first-order valence-corrected chi connectivity index (χ1v) is 4.41. The van der Waals surface area contributed by atoms with Crippen molar-refractivity contribution in [3.63, 3.8) is 0 Å². The Kier molecular flexibility index (Phi) is 6.76. The number of hydrogen-bond acceptors (Lipinski definition) is 3. The average Bonchev–Trinajstić information content (AvgIpc) is 2.01. The number of carbonyl (C=O) groups excluding carboxylic acids is 2. The molecule has 0 aliphatic carbocycles. The molecule has 4 heteroatoms. The number of ketones is 1. The highest BCUT2D eigenvalue weighted by atomic mass is 35.5. The Morgan fingerprint density at radius 2 is 2.00 bits per heavy atom. The number of esters is 1. The van der Waals surface area contributed by atoms with Crippen molar-refractivity contribution in [3.05, 3.63) is 0 Å². The number of halogens is 1. The number of carbonyl (C=O) groups is 2. The summed E-state index contributed by atoms with van der Waals surface area (Å²) in [6.45, 7) is 1.18. The van der Waals surface area contributed by atoms with Gasteiger partial charge in [-0.15, -0.1) is 11.6 Å². The van der Waals surface area contributed by atoms with Crippen molar-refractivity contribution >= 4 is 23.4 Å². The highest BCUT2D eigenvalue weighted by Crippen LogP contribution is 1.98. The van der Waals surface area contributed by atoms with E-state index < -0.39 is 5.97 Å². The molecular formula is C8H13ClO3. The molecule has 0 aliphatic rings. The zero-order chi connectivity index (χ0) is 9.40. The van der Waals surface area contributed by atoms with Crippen LogP contribution in [-0.2, 0) is 14.3 Å². The third-order valence-electron chi connectivity index (χ3n) is 1.28. The second-order valence-electron chi connectivity index (χ2n) is 2.47. The van der Waals surface area contributed by atoms with E-state index in [1.165, 1.54) is 6.92 Å². The number of ether oxygens (including phenoxy) is 1. The third-order valence-corrected chi connectivity index (χ3v) is 1.54. The van der Waals surface area contributed by atoms with E-state index in [9.17, 15) is 9.59 Å². The number of alkyl halides is 1. The van der Waals surface area contributed by atoms with Crippen molar-refractivity contribution in [1.29, 1.82) is 0 Å². The van der Waals surface area contributed by atoms with Crippen molar-refractivity contribution in [2.45, 2.75) is 26.2 Å². The van der Waals surface area contributed by atoms with Crippen molar-refractivity contribution < 1.29 is 14.3 Å². The van der Waals surface area contributed by atoms with Gasteiger partial charge in [0.2, 0.25) is 0 Å². The van der Waals surface area contributed by atoms with Crippen LogP contribution in [0.5, 0.6) is 0 Å². The van der Waals surface area contributed by atoms with Crippen LogP contribution >= 0.6 is 11.6 Å². The molecule has 0 aromatic rings. The van der Waals surface area contributed by atoms with E-state index in [4.69, 9.17) is 11.6 Å². The largest absolute Gasteiger partial charge is 0.458 e. The summed E-state index contributed by atoms with van der Waals surface area (Å²) in [5, 5.41) is 0. The molecule has 0 aromatic heterocycles. The highest BCUT2D eigenvalue weighted by Gasteiger charge is 2.02. The number of Topliss-reactive ketones (excluding diaryl/α,β-unsaturated/α-hetero) is 1. The molecule has 0 saturated heterocycles. The van der Waals surface area contributed by atoms with E-state index in [0.29, 0.717) is 12.3 Å². The smallest absolute Gasteiger partial charge is 0.303 e. The lowest BCUT2D eigenvalue weighted by Crippen LogP contribution is -2.11. The summed E-state index contributed by atoms with van der Waals surface area (Å²) in [7, 11) is 0. The third kappa shape index (κ3) is 7.54. The summed E-state index contributed by atoms with van der Waals surface area (Å²) in [5.41, 5.74) is 0. The van der Waals surface area contributed by atoms with Gasteiger partial charge in [0.15, 0.2) is 5.78 Å². The Morgan fingerprint density at radius 3 is 2.50 bits per heavy atom. The lowest BCUT2D eigenvalue weighted by atomic mass is 10.2. The van der Waals surface area contributed by atoms with Crippen LogP contribution in [0.1, 0.15) is 26.2 Å². The average molecular weight is 193 g/mol. The van der Waals surface area contributed by atoms with E-state index >= 15 is 0 Å². The molecule has 12 heavy (non-hydrogen) atoms. The predicted octanol–water partition coefficient (Wildman–Crippen LogP) is 1.53. The second-order valence-corrected chi connectivity index (χ2v) is 2.84. The highest BCUT2D eigenvalue weighted by molar-refractivity contribution is 6.17. The maximum atomic E-state index is 10.9. The number of hydrogen-bond donors (Lipinski definition) is 0. The zero-order valence-corrected chi connectivity index (χ0v) is 7.89. The van der Waals surface area contributed by atoms with E-state index in [1.54, 1.807) is 0 Å². The van der Waals surface area contributed by atoms with Crippen LogP contribution in [0.15, 0.2) is 0 Å². The summed E-state index contributed by atoms with van der Waals surface area (Å²) >= 11 is 5.42. The van der Waals surface area contributed by atoms with Gasteiger partial charge in [0, 0.05) is 19.2 Å². The standard InChI is InChI=1S/C8H13ClO3/c1-7(10)12-6-8(11)4-2-3-5-9/h2-6H2,1H3. The summed E-state index contributed by atoms with van der Waals surface area (Å²) in [5.74, 6) is 0.108. The molecule has 0 N–H and O–H groups in total. The second kappa shape index (κ2) is 7.10. The van der Waals surface area contributed by atoms with Crippen molar-refractivity contribution in [3.8, 4) is 0 Å². The van der Waals surface area contributed by atoms with Gasteiger partial charge in [-0.3, -0.25) is 9.59 Å². The Bertz CT molecular complexity index is 156. The Labute approximate surface area is 77.0 Å². The summed E-state index contributed by atoms with van der Waals surface area (Å²) in [6.07, 6.45) is 2.04. The fourth-order valence-electron chi connectivity index (χ4n) is 0.671. The van der Waals surface area contributed by atoms with Gasteiger partial charge in [0.25, 0.3) is 0 Å². The molecule has 3 nitrogen and oxygen atoms in total. The van der Waals surface area contributed by atoms with Gasteiger partial charge in [0.05, 0.1) is 0 Å². The van der Waals surface area contributed by atoms with E-state index in [0.717, 1.165) is 12.8 Å². The minimum absolute atomic E-state index is 0.0460. The molecule has 0 amide bonds. The SMILES string of the molecule is CC(=O)OCC(=O)CCCCCl. The molecular weight excluding hydrogens is 180 g/mol. The van der Waals surface area contributed by atoms with Gasteiger partial charge in [-0.25, -0.2) is 0 Å². The van der Waals surface area contributed by atoms with Crippen LogP contribution in [-0.4, -0.2) is 24.2 Å². The van der Waals surface area contributed by atoms with Gasteiger partial charge in [-0.1, -0.05) is 0 Å². The monoisotopic (exact) mass is 192 g/mol. The Hall–Kier alpha value is -0.570. The van der Waals surface area contributed by atoms with Crippen molar-refractivity contribution in [2.24, 2.45) is 0 Å². The predicted molar refractivity (Wildman–Crippen MR) is 46.2 cm³/mol. The van der Waals surface area contributed by atoms with Gasteiger partial charge < -0.3 is 4.74 Å². The summed E-state index contributed by atoms with van der Waals surface area (Å²) in [6, 6.07) is 0. The van der Waals surface area contributed by atoms with Crippen LogP contribution in [0.25, 0.3) is 0 Å². The first-order chi connectivity index (χ1) is 5.66. The maximum absolute atomic E-state index is 10.9. The Balaban J connectivity index is 3.28. The maximum Gasteiger partial charge on any atom is 0.303 e. The normalized spacial score (nSPS) is 9.50. The number of unbranched alkanes of at least 4 members (excludes halogenated alkanes) is 1. The first kappa shape index (κ1) is 11.4. The minimum atomic E-state index is -0.416. The Morgan fingerprint density at radius 1 is 1.33 bits per heavy atom. The summed E-state index contributed by atoms with van der Waals surface area (Å²) in [4.78, 5) is 21.2. The van der Waals surface area contributed by atoms with E-state index in [-0.39, 0.29) is 12.4 Å². The molecule has 70 valence electrons. The van der Waals surface area contributed by atoms with Crippen LogP contribution in [0.4, 0.5) is 0 Å². The molecule has 0 bridgehead atoms. The molecule has 0 aromatic carbocycles. The fourth-order valence-corrected chi connectivity index (χ4v) is 0.860. The van der Waals surface area contributed by atoms with Gasteiger partial charge in [-0.2, -0.15) is 0 Å². The minimum Gasteiger partial charge on any atom is -0.458 e. The lowest BCUT2D eigenvalue weighted by Gasteiger charge is -1.99. The first-order valence-electron chi connectivity index (χ1n) is 3.88. The molecule has 0 fully saturated rings. The van der Waals surface area contributed by atoms with Crippen LogP contribution in [0.3, 0.4) is 0 Å². The molecule has 0 saturated carbocycles. The fraction of sp³-hybridized carbons (Fsp3) is 0.750. The molecule has 0 atom stereocenters. The van der Waals surface area contributed by atoms with Crippen LogP contribution in [0.2, 0.25) is 0 Å². The van der Waals surface area contributed by atoms with E-state index in [1.807, 2.05) is 0 Å². The summed E-state index contributed by atoms with van der Waals surface area (Å²) < 4.78 is 4.51. The van der Waals surface area contributed by atoms with Crippen LogP contribution in [0, 0.1) is 0 Å². The molecule has 0 heterocycles. The van der Waals surface area contributed by atoms with Gasteiger partial charge in [-0.05, 0) is 12.8 Å². The number of rotatable bonds is 6. The van der Waals surface area contributed by atoms with Gasteiger partial charge in [0.1, 0.15) is 6.61 Å². The molecule has 0 spiro atoms. The quantitative estimate of drug-likeness (QED) is 0.364. The topological polar surface area (TPSA) is 43.4 Å². The molecule has 0 aliphatic heterocycles. The lowest BCUT2D eigenvalue weighted by molar-refractivity contribution is -0.145. The van der Waals surface area contributed by atoms with E-state index in [2.05, 4.69) is 4.74 Å².